The minimum Gasteiger partial charge on any atom is -0.378 e. The van der Waals surface area contributed by atoms with Gasteiger partial charge in [0, 0.05) is 11.9 Å². The molecule has 3 heteroatoms. The molecule has 0 radical (unpaired) electrons. The van der Waals surface area contributed by atoms with Crippen LogP contribution in [0.5, 0.6) is 0 Å². The molecule has 0 heterocycles. The average Bonchev–Trinajstić information content (AvgIpc) is 2.46. The Labute approximate surface area is 101 Å². The molecule has 2 saturated carbocycles. The topological polar surface area (TPSA) is 18.5 Å². The fourth-order valence-corrected chi connectivity index (χ4v) is 3.51. The van der Waals surface area contributed by atoms with Crippen LogP contribution in [0.15, 0.2) is 0 Å². The summed E-state index contributed by atoms with van der Waals surface area (Å²) in [6.07, 6.45) is 10.2. The van der Waals surface area contributed by atoms with E-state index in [0.717, 1.165) is 6.42 Å². The Morgan fingerprint density at radius 2 is 1.73 bits per heavy atom. The summed E-state index contributed by atoms with van der Waals surface area (Å²) < 4.78 is 11.5. The van der Waals surface area contributed by atoms with Gasteiger partial charge < -0.3 is 9.47 Å². The molecule has 0 saturated heterocycles. The molecule has 0 spiro atoms. The molecular formula is C12H21BrO2. The van der Waals surface area contributed by atoms with Crippen molar-refractivity contribution in [2.45, 2.75) is 68.1 Å². The fraction of sp³-hybridized carbons (Fsp3) is 1.00. The summed E-state index contributed by atoms with van der Waals surface area (Å²) in [6.45, 7) is 0. The van der Waals surface area contributed by atoms with Crippen LogP contribution in [-0.4, -0.2) is 30.2 Å². The van der Waals surface area contributed by atoms with Crippen molar-refractivity contribution >= 4 is 15.9 Å². The van der Waals surface area contributed by atoms with E-state index in [0.29, 0.717) is 17.0 Å². The van der Waals surface area contributed by atoms with Crippen molar-refractivity contribution in [2.75, 3.05) is 7.11 Å². The van der Waals surface area contributed by atoms with Gasteiger partial charge in [0.2, 0.25) is 0 Å². The van der Waals surface area contributed by atoms with E-state index in [2.05, 4.69) is 15.9 Å². The minimum atomic E-state index is 0.272. The zero-order valence-corrected chi connectivity index (χ0v) is 11.0. The molecule has 3 unspecified atom stereocenters. The van der Waals surface area contributed by atoms with Crippen LogP contribution in [0.3, 0.4) is 0 Å². The maximum atomic E-state index is 6.13. The van der Waals surface area contributed by atoms with Gasteiger partial charge in [-0.1, -0.05) is 41.6 Å². The highest BCUT2D eigenvalue weighted by Gasteiger charge is 2.41. The molecule has 2 aliphatic rings. The first-order valence-electron chi connectivity index (χ1n) is 6.13. The van der Waals surface area contributed by atoms with E-state index < -0.39 is 0 Å². The molecule has 2 rings (SSSR count). The van der Waals surface area contributed by atoms with Gasteiger partial charge in [-0.15, -0.1) is 0 Å². The van der Waals surface area contributed by atoms with Gasteiger partial charge in [-0.3, -0.25) is 0 Å². The van der Waals surface area contributed by atoms with Gasteiger partial charge in [0.1, 0.15) is 0 Å². The molecule has 88 valence electrons. The number of hydrogen-bond donors (Lipinski definition) is 0. The molecule has 0 bridgehead atoms. The molecule has 2 nitrogen and oxygen atoms in total. The van der Waals surface area contributed by atoms with Crippen LogP contribution in [0.1, 0.15) is 44.9 Å². The average molecular weight is 277 g/mol. The second-order valence-corrected chi connectivity index (χ2v) is 5.92. The summed E-state index contributed by atoms with van der Waals surface area (Å²) in [5.74, 6) is 0. The SMILES string of the molecule is COC1C(Br)CC1OC1CCCCCC1. The van der Waals surface area contributed by atoms with E-state index in [-0.39, 0.29) is 6.10 Å². The quantitative estimate of drug-likeness (QED) is 0.582. The normalized spacial score (nSPS) is 38.4. The first-order chi connectivity index (χ1) is 7.31. The lowest BCUT2D eigenvalue weighted by Gasteiger charge is -2.41. The smallest absolute Gasteiger partial charge is 0.0958 e. The van der Waals surface area contributed by atoms with E-state index in [4.69, 9.17) is 9.47 Å². The Morgan fingerprint density at radius 3 is 2.27 bits per heavy atom. The molecule has 0 amide bonds. The summed E-state index contributed by atoms with van der Waals surface area (Å²) >= 11 is 3.60. The van der Waals surface area contributed by atoms with Crippen LogP contribution in [0.4, 0.5) is 0 Å². The predicted octanol–water partition coefficient (Wildman–Crippen LogP) is 3.28. The number of ether oxygens (including phenoxy) is 2. The summed E-state index contributed by atoms with van der Waals surface area (Å²) in [6, 6.07) is 0. The summed E-state index contributed by atoms with van der Waals surface area (Å²) in [5.41, 5.74) is 0. The van der Waals surface area contributed by atoms with Crippen molar-refractivity contribution in [3.63, 3.8) is 0 Å². The highest BCUT2D eigenvalue weighted by Crippen LogP contribution is 2.35. The Balaban J connectivity index is 1.76. The number of hydrogen-bond acceptors (Lipinski definition) is 2. The molecule has 2 fully saturated rings. The van der Waals surface area contributed by atoms with Gasteiger partial charge in [0.05, 0.1) is 18.3 Å². The highest BCUT2D eigenvalue weighted by atomic mass is 79.9. The van der Waals surface area contributed by atoms with Gasteiger partial charge in [0.25, 0.3) is 0 Å². The molecule has 0 aliphatic heterocycles. The van der Waals surface area contributed by atoms with E-state index in [1.54, 1.807) is 7.11 Å². The van der Waals surface area contributed by atoms with Gasteiger partial charge >= 0.3 is 0 Å². The monoisotopic (exact) mass is 276 g/mol. The van der Waals surface area contributed by atoms with Gasteiger partial charge in [-0.25, -0.2) is 0 Å². The number of methoxy groups -OCH3 is 1. The summed E-state index contributed by atoms with van der Waals surface area (Å²) in [5, 5.41) is 0. The van der Waals surface area contributed by atoms with Crippen LogP contribution in [-0.2, 0) is 9.47 Å². The molecule has 3 atom stereocenters. The Hall–Kier alpha value is 0.400. The number of alkyl halides is 1. The van der Waals surface area contributed by atoms with Crippen LogP contribution < -0.4 is 0 Å². The van der Waals surface area contributed by atoms with E-state index in [9.17, 15) is 0 Å². The molecule has 0 N–H and O–H groups in total. The standard InChI is InChI=1S/C12H21BrO2/c1-14-12-10(13)8-11(12)15-9-6-4-2-3-5-7-9/h9-12H,2-8H2,1H3. The van der Waals surface area contributed by atoms with Crippen molar-refractivity contribution in [3.8, 4) is 0 Å². The van der Waals surface area contributed by atoms with Gasteiger partial charge in [0.15, 0.2) is 0 Å². The van der Waals surface area contributed by atoms with E-state index >= 15 is 0 Å². The predicted molar refractivity (Wildman–Crippen MR) is 64.5 cm³/mol. The van der Waals surface area contributed by atoms with Crippen molar-refractivity contribution in [1.82, 2.24) is 0 Å². The van der Waals surface area contributed by atoms with E-state index in [1.807, 2.05) is 0 Å². The minimum absolute atomic E-state index is 0.272. The molecular weight excluding hydrogens is 256 g/mol. The molecule has 2 aliphatic carbocycles. The lowest BCUT2D eigenvalue weighted by atomic mass is 9.91. The first kappa shape index (κ1) is 11.9. The second kappa shape index (κ2) is 5.65. The van der Waals surface area contributed by atoms with E-state index in [1.165, 1.54) is 38.5 Å². The molecule has 15 heavy (non-hydrogen) atoms. The number of rotatable bonds is 3. The third-order valence-electron chi connectivity index (χ3n) is 3.62. The fourth-order valence-electron chi connectivity index (χ4n) is 2.58. The van der Waals surface area contributed by atoms with Crippen LogP contribution in [0, 0.1) is 0 Å². The van der Waals surface area contributed by atoms with Crippen molar-refractivity contribution in [3.05, 3.63) is 0 Å². The highest BCUT2D eigenvalue weighted by molar-refractivity contribution is 9.09. The lowest BCUT2D eigenvalue weighted by Crippen LogP contribution is -2.51. The summed E-state index contributed by atoms with van der Waals surface area (Å²) in [4.78, 5) is 0.498. The maximum Gasteiger partial charge on any atom is 0.0958 e. The van der Waals surface area contributed by atoms with Gasteiger partial charge in [-0.05, 0) is 19.3 Å². The van der Waals surface area contributed by atoms with Crippen molar-refractivity contribution in [1.29, 1.82) is 0 Å². The summed E-state index contributed by atoms with van der Waals surface area (Å²) in [7, 11) is 1.78. The lowest BCUT2D eigenvalue weighted by molar-refractivity contribution is -0.136. The number of halogens is 1. The third-order valence-corrected chi connectivity index (χ3v) is 4.52. The Morgan fingerprint density at radius 1 is 1.07 bits per heavy atom. The van der Waals surface area contributed by atoms with Crippen molar-refractivity contribution in [2.24, 2.45) is 0 Å². The Bertz CT molecular complexity index is 190. The van der Waals surface area contributed by atoms with Crippen LogP contribution >= 0.6 is 15.9 Å². The first-order valence-corrected chi connectivity index (χ1v) is 7.05. The van der Waals surface area contributed by atoms with Crippen LogP contribution in [0.2, 0.25) is 0 Å². The second-order valence-electron chi connectivity index (χ2n) is 4.74. The molecule has 0 aromatic rings. The maximum absolute atomic E-state index is 6.13. The zero-order valence-electron chi connectivity index (χ0n) is 9.45. The largest absolute Gasteiger partial charge is 0.378 e. The Kier molecular flexibility index (Phi) is 4.47. The molecule has 0 aromatic carbocycles. The third kappa shape index (κ3) is 2.95. The zero-order chi connectivity index (χ0) is 10.7. The van der Waals surface area contributed by atoms with Crippen LogP contribution in [0.25, 0.3) is 0 Å². The molecule has 0 aromatic heterocycles. The van der Waals surface area contributed by atoms with Crippen molar-refractivity contribution < 1.29 is 9.47 Å². The van der Waals surface area contributed by atoms with Gasteiger partial charge in [-0.2, -0.15) is 0 Å².